The van der Waals surface area contributed by atoms with Crippen LogP contribution in [0.25, 0.3) is 0 Å². The number of hydrogen-bond donors (Lipinski definition) is 2. The fourth-order valence-electron chi connectivity index (χ4n) is 2.41. The second kappa shape index (κ2) is 8.23. The van der Waals surface area contributed by atoms with Gasteiger partial charge in [-0.2, -0.15) is 5.11 Å². The Kier molecular flexibility index (Phi) is 5.56. The van der Waals surface area contributed by atoms with Crippen molar-refractivity contribution in [3.63, 3.8) is 0 Å². The van der Waals surface area contributed by atoms with E-state index in [1.54, 1.807) is 18.2 Å². The Morgan fingerprint density at radius 3 is 2.33 bits per heavy atom. The lowest BCUT2D eigenvalue weighted by atomic mass is 10.2. The van der Waals surface area contributed by atoms with E-state index in [4.69, 9.17) is 0 Å². The minimum Gasteiger partial charge on any atom is -0.308 e. The van der Waals surface area contributed by atoms with Crippen LogP contribution in [0.2, 0.25) is 0 Å². The van der Waals surface area contributed by atoms with Gasteiger partial charge in [0.15, 0.2) is 0 Å². The molecular formula is C21H19FN4O. The molecule has 5 nitrogen and oxygen atoms in total. The summed E-state index contributed by atoms with van der Waals surface area (Å²) in [5.41, 5.74) is 4.22. The SMILES string of the molecule is Cc1ccc(/N=N/c2ccc(C)cc2NC(=O)Nc2cccc(F)c2)cc1. The third-order valence-electron chi connectivity index (χ3n) is 3.79. The van der Waals surface area contributed by atoms with Gasteiger partial charge in [0.2, 0.25) is 0 Å². The molecule has 0 aliphatic carbocycles. The van der Waals surface area contributed by atoms with Crippen molar-refractivity contribution in [3.8, 4) is 0 Å². The lowest BCUT2D eigenvalue weighted by Crippen LogP contribution is -2.19. The summed E-state index contributed by atoms with van der Waals surface area (Å²) in [5.74, 6) is -0.420. The topological polar surface area (TPSA) is 65.8 Å². The Bertz CT molecular complexity index is 984. The molecule has 0 bridgehead atoms. The Labute approximate surface area is 157 Å². The highest BCUT2D eigenvalue weighted by atomic mass is 19.1. The van der Waals surface area contributed by atoms with E-state index in [0.29, 0.717) is 17.1 Å². The first-order chi connectivity index (χ1) is 13.0. The Morgan fingerprint density at radius 2 is 1.59 bits per heavy atom. The number of aryl methyl sites for hydroxylation is 2. The highest BCUT2D eigenvalue weighted by Gasteiger charge is 2.08. The number of rotatable bonds is 4. The minimum absolute atomic E-state index is 0.364. The van der Waals surface area contributed by atoms with Crippen LogP contribution in [0.3, 0.4) is 0 Å². The fourth-order valence-corrected chi connectivity index (χ4v) is 2.41. The molecule has 3 rings (SSSR count). The van der Waals surface area contributed by atoms with E-state index in [1.165, 1.54) is 18.2 Å². The predicted molar refractivity (Wildman–Crippen MR) is 106 cm³/mol. The van der Waals surface area contributed by atoms with Crippen molar-refractivity contribution in [2.45, 2.75) is 13.8 Å². The maximum atomic E-state index is 13.2. The number of halogens is 1. The van der Waals surface area contributed by atoms with Gasteiger partial charge in [0.25, 0.3) is 0 Å². The van der Waals surface area contributed by atoms with Crippen molar-refractivity contribution in [1.82, 2.24) is 0 Å². The predicted octanol–water partition coefficient (Wildman–Crippen LogP) is 6.50. The van der Waals surface area contributed by atoms with Crippen LogP contribution in [0, 0.1) is 19.7 Å². The summed E-state index contributed by atoms with van der Waals surface area (Å²) in [6.45, 7) is 3.91. The number of amides is 2. The number of azo groups is 1. The van der Waals surface area contributed by atoms with Crippen molar-refractivity contribution < 1.29 is 9.18 Å². The van der Waals surface area contributed by atoms with Gasteiger partial charge in [0, 0.05) is 5.69 Å². The fraction of sp³-hybridized carbons (Fsp3) is 0.0952. The molecule has 0 radical (unpaired) electrons. The molecule has 0 spiro atoms. The maximum Gasteiger partial charge on any atom is 0.323 e. The first-order valence-electron chi connectivity index (χ1n) is 8.42. The van der Waals surface area contributed by atoms with Gasteiger partial charge in [-0.05, 0) is 61.9 Å². The van der Waals surface area contributed by atoms with Crippen LogP contribution >= 0.6 is 0 Å². The monoisotopic (exact) mass is 362 g/mol. The summed E-state index contributed by atoms with van der Waals surface area (Å²) in [6, 6.07) is 18.3. The highest BCUT2D eigenvalue weighted by molar-refractivity contribution is 6.01. The minimum atomic E-state index is -0.488. The molecule has 0 aromatic heterocycles. The molecule has 2 N–H and O–H groups in total. The zero-order chi connectivity index (χ0) is 19.2. The number of nitrogens with zero attached hydrogens (tertiary/aromatic N) is 2. The van der Waals surface area contributed by atoms with Crippen molar-refractivity contribution in [2.75, 3.05) is 10.6 Å². The van der Waals surface area contributed by atoms with Gasteiger partial charge in [-0.15, -0.1) is 5.11 Å². The Balaban J connectivity index is 1.77. The third kappa shape index (κ3) is 5.22. The zero-order valence-electron chi connectivity index (χ0n) is 15.0. The number of nitrogens with one attached hydrogen (secondary N) is 2. The summed E-state index contributed by atoms with van der Waals surface area (Å²) in [7, 11) is 0. The molecule has 0 saturated heterocycles. The van der Waals surface area contributed by atoms with Crippen molar-refractivity contribution >= 4 is 28.8 Å². The quantitative estimate of drug-likeness (QED) is 0.511. The number of benzene rings is 3. The Hall–Kier alpha value is -3.54. The molecule has 6 heteroatoms. The second-order valence-electron chi connectivity index (χ2n) is 6.15. The van der Waals surface area contributed by atoms with E-state index in [2.05, 4.69) is 20.9 Å². The summed E-state index contributed by atoms with van der Waals surface area (Å²) < 4.78 is 13.2. The molecular weight excluding hydrogens is 343 g/mol. The maximum absolute atomic E-state index is 13.2. The molecule has 0 heterocycles. The highest BCUT2D eigenvalue weighted by Crippen LogP contribution is 2.28. The van der Waals surface area contributed by atoms with E-state index in [0.717, 1.165) is 16.8 Å². The van der Waals surface area contributed by atoms with E-state index in [-0.39, 0.29) is 0 Å². The van der Waals surface area contributed by atoms with Crippen molar-refractivity contribution in [1.29, 1.82) is 0 Å². The average Bonchev–Trinajstić information content (AvgIpc) is 2.62. The molecule has 0 atom stereocenters. The summed E-state index contributed by atoms with van der Waals surface area (Å²) in [6.07, 6.45) is 0. The average molecular weight is 362 g/mol. The van der Waals surface area contributed by atoms with Gasteiger partial charge in [0.05, 0.1) is 11.4 Å². The molecule has 3 aromatic rings. The molecule has 0 unspecified atom stereocenters. The smallest absolute Gasteiger partial charge is 0.308 e. The standard InChI is InChI=1S/C21H19FN4O/c1-14-6-9-17(10-7-14)25-26-19-11-8-15(2)12-20(19)24-21(27)23-18-5-3-4-16(22)13-18/h3-13H,1-2H3,(H2,23,24,27)/b26-25+. The van der Waals surface area contributed by atoms with Crippen LogP contribution in [-0.4, -0.2) is 6.03 Å². The Morgan fingerprint density at radius 1 is 0.852 bits per heavy atom. The van der Waals surface area contributed by atoms with Crippen LogP contribution < -0.4 is 10.6 Å². The molecule has 0 fully saturated rings. The number of urea groups is 1. The number of hydrogen-bond acceptors (Lipinski definition) is 3. The van der Waals surface area contributed by atoms with E-state index in [9.17, 15) is 9.18 Å². The first-order valence-corrected chi connectivity index (χ1v) is 8.42. The van der Waals surface area contributed by atoms with Crippen LogP contribution in [0.5, 0.6) is 0 Å². The van der Waals surface area contributed by atoms with E-state index in [1.807, 2.05) is 44.2 Å². The molecule has 0 aliphatic rings. The van der Waals surface area contributed by atoms with Crippen LogP contribution in [-0.2, 0) is 0 Å². The molecule has 27 heavy (non-hydrogen) atoms. The van der Waals surface area contributed by atoms with Crippen molar-refractivity contribution in [2.24, 2.45) is 10.2 Å². The van der Waals surface area contributed by atoms with Crippen LogP contribution in [0.4, 0.5) is 31.9 Å². The first kappa shape index (κ1) is 18.3. The lowest BCUT2D eigenvalue weighted by molar-refractivity contribution is 0.262. The molecule has 136 valence electrons. The van der Waals surface area contributed by atoms with Gasteiger partial charge < -0.3 is 10.6 Å². The molecule has 0 aliphatic heterocycles. The molecule has 0 saturated carbocycles. The molecule has 2 amide bonds. The molecule has 3 aromatic carbocycles. The largest absolute Gasteiger partial charge is 0.323 e. The van der Waals surface area contributed by atoms with Gasteiger partial charge in [0.1, 0.15) is 11.5 Å². The van der Waals surface area contributed by atoms with Gasteiger partial charge in [-0.3, -0.25) is 0 Å². The van der Waals surface area contributed by atoms with Crippen LogP contribution in [0.15, 0.2) is 77.0 Å². The number of anilines is 2. The summed E-state index contributed by atoms with van der Waals surface area (Å²) >= 11 is 0. The third-order valence-corrected chi connectivity index (χ3v) is 3.79. The van der Waals surface area contributed by atoms with E-state index < -0.39 is 11.8 Å². The normalized spacial score (nSPS) is 10.8. The second-order valence-corrected chi connectivity index (χ2v) is 6.15. The number of carbonyl (C=O) groups excluding carboxylic acids is 1. The van der Waals surface area contributed by atoms with Gasteiger partial charge >= 0.3 is 6.03 Å². The summed E-state index contributed by atoms with van der Waals surface area (Å²) in [4.78, 5) is 12.3. The van der Waals surface area contributed by atoms with Gasteiger partial charge in [-0.25, -0.2) is 9.18 Å². The summed E-state index contributed by atoms with van der Waals surface area (Å²) in [5, 5.41) is 13.8. The number of carbonyl (C=O) groups is 1. The lowest BCUT2D eigenvalue weighted by Gasteiger charge is -2.10. The van der Waals surface area contributed by atoms with Gasteiger partial charge in [-0.1, -0.05) is 29.8 Å². The van der Waals surface area contributed by atoms with E-state index >= 15 is 0 Å². The van der Waals surface area contributed by atoms with Crippen LogP contribution in [0.1, 0.15) is 11.1 Å². The van der Waals surface area contributed by atoms with Crippen molar-refractivity contribution in [3.05, 3.63) is 83.7 Å². The zero-order valence-corrected chi connectivity index (χ0v) is 15.0.